The maximum Gasteiger partial charge on any atom is 0.234 e. The number of rotatable bonds is 5. The lowest BCUT2D eigenvalue weighted by Crippen LogP contribution is -2.14. The van der Waals surface area contributed by atoms with Crippen LogP contribution in [0, 0.1) is 19.7 Å². The van der Waals surface area contributed by atoms with Crippen LogP contribution in [-0.4, -0.2) is 26.4 Å². The van der Waals surface area contributed by atoms with Crippen LogP contribution < -0.4 is 5.32 Å². The molecule has 0 fully saturated rings. The number of halogens is 1. The molecule has 128 valence electrons. The summed E-state index contributed by atoms with van der Waals surface area (Å²) in [6.07, 6.45) is 0. The van der Waals surface area contributed by atoms with E-state index in [1.807, 2.05) is 38.1 Å². The van der Waals surface area contributed by atoms with Crippen molar-refractivity contribution in [3.8, 4) is 5.69 Å². The normalized spacial score (nSPS) is 10.7. The Kier molecular flexibility index (Phi) is 5.14. The van der Waals surface area contributed by atoms with Crippen molar-refractivity contribution >= 4 is 23.4 Å². The number of aromatic nitrogens is 3. The van der Waals surface area contributed by atoms with Gasteiger partial charge >= 0.3 is 0 Å². The van der Waals surface area contributed by atoms with E-state index in [2.05, 4.69) is 15.5 Å². The Morgan fingerprint density at radius 1 is 1.08 bits per heavy atom. The fourth-order valence-electron chi connectivity index (χ4n) is 2.29. The number of nitrogens with one attached hydrogen (secondary N) is 1. The number of nitrogens with zero attached hydrogens (tertiary/aromatic N) is 3. The van der Waals surface area contributed by atoms with Crippen LogP contribution in [0.3, 0.4) is 0 Å². The quantitative estimate of drug-likeness (QED) is 0.707. The number of aryl methyl sites for hydroxylation is 2. The molecule has 0 aliphatic heterocycles. The van der Waals surface area contributed by atoms with Crippen molar-refractivity contribution in [1.82, 2.24) is 14.8 Å². The van der Waals surface area contributed by atoms with Crippen LogP contribution in [0.2, 0.25) is 0 Å². The van der Waals surface area contributed by atoms with E-state index in [1.54, 1.807) is 16.7 Å². The first-order valence-corrected chi connectivity index (χ1v) is 8.69. The lowest BCUT2D eigenvalue weighted by atomic mass is 10.2. The Labute approximate surface area is 149 Å². The van der Waals surface area contributed by atoms with E-state index in [0.717, 1.165) is 16.9 Å². The van der Waals surface area contributed by atoms with E-state index >= 15 is 0 Å². The van der Waals surface area contributed by atoms with Gasteiger partial charge in [0.2, 0.25) is 5.91 Å². The second-order valence-electron chi connectivity index (χ2n) is 5.54. The molecule has 0 aliphatic carbocycles. The topological polar surface area (TPSA) is 59.8 Å². The maximum absolute atomic E-state index is 13.1. The fourth-order valence-corrected chi connectivity index (χ4v) is 3.09. The second kappa shape index (κ2) is 7.48. The predicted octanol–water partition coefficient (Wildman–Crippen LogP) is 3.75. The summed E-state index contributed by atoms with van der Waals surface area (Å²) in [6, 6.07) is 13.7. The van der Waals surface area contributed by atoms with Crippen LogP contribution in [0.25, 0.3) is 5.69 Å². The smallest absolute Gasteiger partial charge is 0.234 e. The molecule has 1 N–H and O–H groups in total. The van der Waals surface area contributed by atoms with Gasteiger partial charge in [0.05, 0.1) is 5.75 Å². The van der Waals surface area contributed by atoms with Gasteiger partial charge in [-0.3, -0.25) is 9.36 Å². The van der Waals surface area contributed by atoms with Gasteiger partial charge in [0.25, 0.3) is 0 Å². The lowest BCUT2D eigenvalue weighted by Gasteiger charge is -2.09. The van der Waals surface area contributed by atoms with Crippen LogP contribution in [-0.2, 0) is 4.79 Å². The first-order chi connectivity index (χ1) is 12.0. The van der Waals surface area contributed by atoms with Crippen molar-refractivity contribution in [2.75, 3.05) is 11.1 Å². The van der Waals surface area contributed by atoms with Crippen LogP contribution in [0.4, 0.5) is 10.1 Å². The Morgan fingerprint density at radius 3 is 2.44 bits per heavy atom. The van der Waals surface area contributed by atoms with Crippen LogP contribution >= 0.6 is 11.8 Å². The number of benzene rings is 2. The van der Waals surface area contributed by atoms with Crippen molar-refractivity contribution in [1.29, 1.82) is 0 Å². The molecule has 0 atom stereocenters. The molecule has 0 unspecified atom stereocenters. The molecular weight excluding hydrogens is 339 g/mol. The predicted molar refractivity (Wildman–Crippen MR) is 96.6 cm³/mol. The van der Waals surface area contributed by atoms with Gasteiger partial charge in [-0.15, -0.1) is 10.2 Å². The first kappa shape index (κ1) is 17.2. The fraction of sp³-hybridized carbons (Fsp3) is 0.167. The molecule has 25 heavy (non-hydrogen) atoms. The Morgan fingerprint density at radius 2 is 1.76 bits per heavy atom. The van der Waals surface area contributed by atoms with Crippen LogP contribution in [0.15, 0.2) is 53.7 Å². The molecule has 0 radical (unpaired) electrons. The average Bonchev–Trinajstić information content (AvgIpc) is 2.97. The molecule has 0 bridgehead atoms. The molecule has 7 heteroatoms. The molecule has 3 aromatic rings. The Hall–Kier alpha value is -2.67. The minimum absolute atomic E-state index is 0.125. The first-order valence-electron chi connectivity index (χ1n) is 7.70. The summed E-state index contributed by atoms with van der Waals surface area (Å²) >= 11 is 1.28. The van der Waals surface area contributed by atoms with E-state index in [0.29, 0.717) is 11.0 Å². The summed E-state index contributed by atoms with van der Waals surface area (Å²) in [5, 5.41) is 11.6. The molecular formula is C18H17FN4OS. The SMILES string of the molecule is Cc1ccc(NC(=O)CSc2nnc(C)n2-c2ccc(F)cc2)cc1. The molecule has 1 amide bonds. The molecule has 0 saturated carbocycles. The molecule has 1 heterocycles. The molecule has 1 aromatic heterocycles. The Bertz CT molecular complexity index is 875. The minimum atomic E-state index is -0.304. The van der Waals surface area contributed by atoms with Gasteiger partial charge in [-0.1, -0.05) is 29.5 Å². The van der Waals surface area contributed by atoms with E-state index in [9.17, 15) is 9.18 Å². The summed E-state index contributed by atoms with van der Waals surface area (Å²) in [5.41, 5.74) is 2.65. The van der Waals surface area contributed by atoms with E-state index < -0.39 is 0 Å². The number of amides is 1. The van der Waals surface area contributed by atoms with Gasteiger partial charge in [0.1, 0.15) is 11.6 Å². The summed E-state index contributed by atoms with van der Waals surface area (Å²) in [7, 11) is 0. The van der Waals surface area contributed by atoms with Gasteiger partial charge in [0, 0.05) is 11.4 Å². The summed E-state index contributed by atoms with van der Waals surface area (Å²) in [4.78, 5) is 12.1. The van der Waals surface area contributed by atoms with Gasteiger partial charge < -0.3 is 5.32 Å². The van der Waals surface area contributed by atoms with Gasteiger partial charge in [-0.2, -0.15) is 0 Å². The zero-order valence-electron chi connectivity index (χ0n) is 13.9. The number of carbonyl (C=O) groups excluding carboxylic acids is 1. The molecule has 2 aromatic carbocycles. The van der Waals surface area contributed by atoms with Crippen molar-refractivity contribution in [3.05, 3.63) is 65.7 Å². The lowest BCUT2D eigenvalue weighted by molar-refractivity contribution is -0.113. The van der Waals surface area contributed by atoms with Gasteiger partial charge in [-0.05, 0) is 50.2 Å². The third-order valence-corrected chi connectivity index (χ3v) is 4.48. The molecule has 0 saturated heterocycles. The molecule has 0 spiro atoms. The number of carbonyl (C=O) groups is 1. The van der Waals surface area contributed by atoms with E-state index in [-0.39, 0.29) is 17.5 Å². The summed E-state index contributed by atoms with van der Waals surface area (Å²) in [6.45, 7) is 3.80. The van der Waals surface area contributed by atoms with Crippen molar-refractivity contribution < 1.29 is 9.18 Å². The summed E-state index contributed by atoms with van der Waals surface area (Å²) in [5.74, 6) is 0.446. The average molecular weight is 356 g/mol. The zero-order valence-corrected chi connectivity index (χ0v) is 14.7. The number of hydrogen-bond donors (Lipinski definition) is 1. The van der Waals surface area contributed by atoms with Crippen molar-refractivity contribution in [3.63, 3.8) is 0 Å². The molecule has 0 aliphatic rings. The van der Waals surface area contributed by atoms with E-state index in [1.165, 1.54) is 23.9 Å². The zero-order chi connectivity index (χ0) is 17.8. The summed E-state index contributed by atoms with van der Waals surface area (Å²) < 4.78 is 14.9. The standard InChI is InChI=1S/C18H17FN4OS/c1-12-3-7-15(8-4-12)20-17(24)11-25-18-22-21-13(2)23(18)16-9-5-14(19)6-10-16/h3-10H,11H2,1-2H3,(H,20,24). The Balaban J connectivity index is 1.68. The molecule has 3 rings (SSSR count). The maximum atomic E-state index is 13.1. The number of hydrogen-bond acceptors (Lipinski definition) is 4. The molecule has 5 nitrogen and oxygen atoms in total. The monoisotopic (exact) mass is 356 g/mol. The second-order valence-corrected chi connectivity index (χ2v) is 6.49. The van der Waals surface area contributed by atoms with Crippen molar-refractivity contribution in [2.45, 2.75) is 19.0 Å². The van der Waals surface area contributed by atoms with Crippen LogP contribution in [0.1, 0.15) is 11.4 Å². The highest BCUT2D eigenvalue weighted by atomic mass is 32.2. The minimum Gasteiger partial charge on any atom is -0.325 e. The highest BCUT2D eigenvalue weighted by Gasteiger charge is 2.13. The van der Waals surface area contributed by atoms with Gasteiger partial charge in [0.15, 0.2) is 5.16 Å². The highest BCUT2D eigenvalue weighted by molar-refractivity contribution is 7.99. The van der Waals surface area contributed by atoms with Gasteiger partial charge in [-0.25, -0.2) is 4.39 Å². The van der Waals surface area contributed by atoms with Crippen molar-refractivity contribution in [2.24, 2.45) is 0 Å². The van der Waals surface area contributed by atoms with E-state index in [4.69, 9.17) is 0 Å². The number of anilines is 1. The highest BCUT2D eigenvalue weighted by Crippen LogP contribution is 2.22. The largest absolute Gasteiger partial charge is 0.325 e. The third kappa shape index (κ3) is 4.24. The number of thioether (sulfide) groups is 1. The third-order valence-electron chi connectivity index (χ3n) is 3.55. The van der Waals surface area contributed by atoms with Crippen LogP contribution in [0.5, 0.6) is 0 Å².